The first-order valence-corrected chi connectivity index (χ1v) is 4.59. The molecule has 0 atom stereocenters. The molecule has 0 spiro atoms. The largest absolute Gasteiger partial charge is 0.507 e. The van der Waals surface area contributed by atoms with E-state index in [0.29, 0.717) is 0 Å². The van der Waals surface area contributed by atoms with E-state index in [0.717, 1.165) is 18.4 Å². The molecule has 1 rings (SSSR count). The monoisotopic (exact) mass is 194 g/mol. The second kappa shape index (κ2) is 4.65. The molecular formula is C11H14O3. The molecule has 1 aromatic carbocycles. The Kier molecular flexibility index (Phi) is 3.51. The first kappa shape index (κ1) is 10.6. The molecule has 0 aliphatic rings. The molecule has 14 heavy (non-hydrogen) atoms. The number of methoxy groups -OCH3 is 1. The van der Waals surface area contributed by atoms with Crippen molar-refractivity contribution < 1.29 is 14.6 Å². The maximum Gasteiger partial charge on any atom is 0.341 e. The van der Waals surface area contributed by atoms with Gasteiger partial charge in [-0.3, -0.25) is 0 Å². The molecular weight excluding hydrogens is 180 g/mol. The second-order valence-corrected chi connectivity index (χ2v) is 3.09. The zero-order valence-corrected chi connectivity index (χ0v) is 8.41. The molecule has 3 nitrogen and oxygen atoms in total. The molecule has 0 heterocycles. The van der Waals surface area contributed by atoms with Gasteiger partial charge in [0.05, 0.1) is 7.11 Å². The van der Waals surface area contributed by atoms with Crippen molar-refractivity contribution in [1.82, 2.24) is 0 Å². The van der Waals surface area contributed by atoms with Crippen LogP contribution in [0.15, 0.2) is 18.2 Å². The lowest BCUT2D eigenvalue weighted by Crippen LogP contribution is -2.02. The van der Waals surface area contributed by atoms with Crippen molar-refractivity contribution in [3.05, 3.63) is 29.3 Å². The van der Waals surface area contributed by atoms with E-state index in [9.17, 15) is 9.90 Å². The summed E-state index contributed by atoms with van der Waals surface area (Å²) < 4.78 is 4.55. The molecule has 3 heteroatoms. The van der Waals surface area contributed by atoms with E-state index in [4.69, 9.17) is 0 Å². The van der Waals surface area contributed by atoms with Gasteiger partial charge in [-0.05, 0) is 24.1 Å². The number of carbonyl (C=O) groups excluding carboxylic acids is 1. The van der Waals surface area contributed by atoms with Gasteiger partial charge in [0.25, 0.3) is 0 Å². The van der Waals surface area contributed by atoms with Crippen LogP contribution in [0.2, 0.25) is 0 Å². The molecule has 0 aliphatic carbocycles. The zero-order valence-electron chi connectivity index (χ0n) is 8.41. The van der Waals surface area contributed by atoms with Gasteiger partial charge in [-0.25, -0.2) is 4.79 Å². The van der Waals surface area contributed by atoms with Crippen LogP contribution >= 0.6 is 0 Å². The Labute approximate surface area is 83.3 Å². The molecule has 76 valence electrons. The zero-order chi connectivity index (χ0) is 10.6. The number of ether oxygens (including phenoxy) is 1. The van der Waals surface area contributed by atoms with Crippen LogP contribution in [0.4, 0.5) is 0 Å². The summed E-state index contributed by atoms with van der Waals surface area (Å²) in [6.45, 7) is 2.06. The summed E-state index contributed by atoms with van der Waals surface area (Å²) in [5.74, 6) is -0.530. The van der Waals surface area contributed by atoms with E-state index in [1.807, 2.05) is 6.07 Å². The first-order valence-electron chi connectivity index (χ1n) is 4.59. The third kappa shape index (κ3) is 2.25. The van der Waals surface area contributed by atoms with Crippen molar-refractivity contribution in [2.45, 2.75) is 19.8 Å². The lowest BCUT2D eigenvalue weighted by Gasteiger charge is -2.05. The van der Waals surface area contributed by atoms with E-state index >= 15 is 0 Å². The SMILES string of the molecule is CCCc1ccc(O)c(C(=O)OC)c1. The standard InChI is InChI=1S/C11H14O3/c1-3-4-8-5-6-10(12)9(7-8)11(13)14-2/h5-7,12H,3-4H2,1-2H3. The number of carbonyl (C=O) groups is 1. The third-order valence-electron chi connectivity index (χ3n) is 2.00. The van der Waals surface area contributed by atoms with Gasteiger partial charge < -0.3 is 9.84 Å². The Bertz CT molecular complexity index is 331. The number of esters is 1. The maximum atomic E-state index is 11.2. The van der Waals surface area contributed by atoms with Crippen LogP contribution < -0.4 is 0 Å². The maximum absolute atomic E-state index is 11.2. The number of aromatic hydroxyl groups is 1. The Hall–Kier alpha value is -1.51. The van der Waals surface area contributed by atoms with E-state index in [2.05, 4.69) is 11.7 Å². The van der Waals surface area contributed by atoms with E-state index < -0.39 is 5.97 Å². The smallest absolute Gasteiger partial charge is 0.341 e. The Morgan fingerprint density at radius 3 is 2.79 bits per heavy atom. The minimum Gasteiger partial charge on any atom is -0.507 e. The fraction of sp³-hybridized carbons (Fsp3) is 0.364. The Morgan fingerprint density at radius 2 is 2.21 bits per heavy atom. The van der Waals surface area contributed by atoms with Gasteiger partial charge in [-0.1, -0.05) is 19.4 Å². The molecule has 0 unspecified atom stereocenters. The first-order chi connectivity index (χ1) is 6.69. The predicted molar refractivity (Wildman–Crippen MR) is 53.4 cm³/mol. The minimum absolute atomic E-state index is 0.0308. The van der Waals surface area contributed by atoms with Crippen LogP contribution in [-0.4, -0.2) is 18.2 Å². The van der Waals surface area contributed by atoms with Gasteiger partial charge in [0.1, 0.15) is 11.3 Å². The lowest BCUT2D eigenvalue weighted by atomic mass is 10.1. The number of hydrogen-bond acceptors (Lipinski definition) is 3. The Balaban J connectivity index is 3.01. The summed E-state index contributed by atoms with van der Waals surface area (Å²) in [5.41, 5.74) is 1.27. The number of hydrogen-bond donors (Lipinski definition) is 1. The highest BCUT2D eigenvalue weighted by Gasteiger charge is 2.11. The van der Waals surface area contributed by atoms with Crippen molar-refractivity contribution in [3.63, 3.8) is 0 Å². The number of phenolic OH excluding ortho intramolecular Hbond substituents is 1. The summed E-state index contributed by atoms with van der Waals surface area (Å²) in [7, 11) is 1.30. The summed E-state index contributed by atoms with van der Waals surface area (Å²) in [5, 5.41) is 9.40. The Morgan fingerprint density at radius 1 is 1.50 bits per heavy atom. The molecule has 1 aromatic rings. The van der Waals surface area contributed by atoms with Crippen LogP contribution in [0.3, 0.4) is 0 Å². The normalized spacial score (nSPS) is 9.86. The van der Waals surface area contributed by atoms with Crippen molar-refractivity contribution >= 4 is 5.97 Å². The van der Waals surface area contributed by atoms with Crippen LogP contribution in [0, 0.1) is 0 Å². The second-order valence-electron chi connectivity index (χ2n) is 3.09. The van der Waals surface area contributed by atoms with Gasteiger partial charge in [0.15, 0.2) is 0 Å². The number of benzene rings is 1. The van der Waals surface area contributed by atoms with Gasteiger partial charge in [-0.2, -0.15) is 0 Å². The fourth-order valence-corrected chi connectivity index (χ4v) is 1.30. The molecule has 0 saturated carbocycles. The van der Waals surface area contributed by atoms with Crippen molar-refractivity contribution in [1.29, 1.82) is 0 Å². The van der Waals surface area contributed by atoms with Gasteiger partial charge in [0, 0.05) is 0 Å². The van der Waals surface area contributed by atoms with E-state index in [1.165, 1.54) is 13.2 Å². The van der Waals surface area contributed by atoms with Gasteiger partial charge >= 0.3 is 5.97 Å². The summed E-state index contributed by atoms with van der Waals surface area (Å²) in [4.78, 5) is 11.2. The quantitative estimate of drug-likeness (QED) is 0.750. The minimum atomic E-state index is -0.500. The number of aryl methyl sites for hydroxylation is 1. The van der Waals surface area contributed by atoms with Crippen LogP contribution in [0.25, 0.3) is 0 Å². The highest BCUT2D eigenvalue weighted by molar-refractivity contribution is 5.92. The average molecular weight is 194 g/mol. The summed E-state index contributed by atoms with van der Waals surface area (Å²) in [6, 6.07) is 5.01. The predicted octanol–water partition coefficient (Wildman–Crippen LogP) is 2.13. The van der Waals surface area contributed by atoms with Gasteiger partial charge in [0.2, 0.25) is 0 Å². The molecule has 0 aliphatic heterocycles. The van der Waals surface area contributed by atoms with Gasteiger partial charge in [-0.15, -0.1) is 0 Å². The lowest BCUT2D eigenvalue weighted by molar-refractivity contribution is 0.0597. The number of phenols is 1. The summed E-state index contributed by atoms with van der Waals surface area (Å²) in [6.07, 6.45) is 1.90. The fourth-order valence-electron chi connectivity index (χ4n) is 1.30. The molecule has 0 saturated heterocycles. The van der Waals surface area contributed by atoms with Crippen LogP contribution in [-0.2, 0) is 11.2 Å². The van der Waals surface area contributed by atoms with Crippen molar-refractivity contribution in [2.24, 2.45) is 0 Å². The third-order valence-corrected chi connectivity index (χ3v) is 2.00. The van der Waals surface area contributed by atoms with Crippen LogP contribution in [0.1, 0.15) is 29.3 Å². The number of rotatable bonds is 3. The van der Waals surface area contributed by atoms with Crippen molar-refractivity contribution in [2.75, 3.05) is 7.11 Å². The molecule has 0 bridgehead atoms. The van der Waals surface area contributed by atoms with E-state index in [1.54, 1.807) is 6.07 Å². The molecule has 0 amide bonds. The highest BCUT2D eigenvalue weighted by atomic mass is 16.5. The van der Waals surface area contributed by atoms with Crippen LogP contribution in [0.5, 0.6) is 5.75 Å². The topological polar surface area (TPSA) is 46.5 Å². The van der Waals surface area contributed by atoms with Crippen molar-refractivity contribution in [3.8, 4) is 5.75 Å². The molecule has 0 radical (unpaired) electrons. The average Bonchev–Trinajstić information content (AvgIpc) is 2.20. The molecule has 0 aromatic heterocycles. The summed E-state index contributed by atoms with van der Waals surface area (Å²) >= 11 is 0. The molecule has 1 N–H and O–H groups in total. The molecule has 0 fully saturated rings. The highest BCUT2D eigenvalue weighted by Crippen LogP contribution is 2.19. The van der Waals surface area contributed by atoms with E-state index in [-0.39, 0.29) is 11.3 Å².